The van der Waals surface area contributed by atoms with Crippen LogP contribution in [0.5, 0.6) is 0 Å². The van der Waals surface area contributed by atoms with Crippen LogP contribution in [-0.2, 0) is 11.3 Å². The Hall–Kier alpha value is -0.860. The summed E-state index contributed by atoms with van der Waals surface area (Å²) in [5.74, 6) is 0.607. The van der Waals surface area contributed by atoms with Crippen molar-refractivity contribution in [1.82, 2.24) is 5.32 Å². The predicted molar refractivity (Wildman–Crippen MR) is 68.7 cm³/mol. The Morgan fingerprint density at radius 2 is 1.75 bits per heavy atom. The fourth-order valence-electron chi connectivity index (χ4n) is 1.52. The molecule has 0 aliphatic heterocycles. The van der Waals surface area contributed by atoms with E-state index in [1.54, 1.807) is 7.11 Å². The van der Waals surface area contributed by atoms with Crippen LogP contribution in [0, 0.1) is 0 Å². The van der Waals surface area contributed by atoms with Gasteiger partial charge in [-0.15, -0.1) is 0 Å². The molecule has 1 N–H and O–H groups in total. The van der Waals surface area contributed by atoms with Gasteiger partial charge in [0.15, 0.2) is 0 Å². The van der Waals surface area contributed by atoms with Gasteiger partial charge in [0.05, 0.1) is 6.10 Å². The van der Waals surface area contributed by atoms with E-state index in [0.29, 0.717) is 5.92 Å². The fraction of sp³-hybridized carbons (Fsp3) is 0.571. The van der Waals surface area contributed by atoms with Crippen molar-refractivity contribution < 1.29 is 4.74 Å². The minimum atomic E-state index is 0.273. The summed E-state index contributed by atoms with van der Waals surface area (Å²) >= 11 is 0. The van der Waals surface area contributed by atoms with Gasteiger partial charge in [-0.25, -0.2) is 0 Å². The Labute approximate surface area is 99.0 Å². The van der Waals surface area contributed by atoms with E-state index in [4.69, 9.17) is 4.74 Å². The van der Waals surface area contributed by atoms with Crippen molar-refractivity contribution >= 4 is 0 Å². The molecule has 0 aliphatic rings. The molecule has 90 valence electrons. The third kappa shape index (κ3) is 4.33. The zero-order chi connectivity index (χ0) is 12.0. The van der Waals surface area contributed by atoms with E-state index in [-0.39, 0.29) is 6.10 Å². The van der Waals surface area contributed by atoms with Gasteiger partial charge in [-0.3, -0.25) is 0 Å². The highest BCUT2D eigenvalue weighted by molar-refractivity contribution is 5.24. The second-order valence-electron chi connectivity index (χ2n) is 4.57. The molecule has 0 spiro atoms. The molecular formula is C14H23NO. The minimum Gasteiger partial charge on any atom is -0.380 e. The first kappa shape index (κ1) is 13.2. The van der Waals surface area contributed by atoms with Crippen molar-refractivity contribution in [3.05, 3.63) is 35.4 Å². The van der Waals surface area contributed by atoms with Gasteiger partial charge in [0.25, 0.3) is 0 Å². The van der Waals surface area contributed by atoms with Crippen LogP contribution in [-0.4, -0.2) is 19.8 Å². The Balaban J connectivity index is 2.38. The first-order valence-electron chi connectivity index (χ1n) is 5.95. The third-order valence-corrected chi connectivity index (χ3v) is 2.81. The molecule has 0 heterocycles. The SMILES string of the molecule is COC(C)CNCc1ccc(C(C)C)cc1. The number of ether oxygens (including phenoxy) is 1. The molecule has 1 aromatic rings. The molecule has 1 aromatic carbocycles. The lowest BCUT2D eigenvalue weighted by Crippen LogP contribution is -2.25. The van der Waals surface area contributed by atoms with Crippen LogP contribution in [0.4, 0.5) is 0 Å². The van der Waals surface area contributed by atoms with Gasteiger partial charge in [0.2, 0.25) is 0 Å². The van der Waals surface area contributed by atoms with Crippen LogP contribution >= 0.6 is 0 Å². The van der Waals surface area contributed by atoms with Crippen molar-refractivity contribution in [3.8, 4) is 0 Å². The van der Waals surface area contributed by atoms with E-state index >= 15 is 0 Å². The van der Waals surface area contributed by atoms with Crippen molar-refractivity contribution in [2.75, 3.05) is 13.7 Å². The van der Waals surface area contributed by atoms with Crippen LogP contribution in [0.2, 0.25) is 0 Å². The molecular weight excluding hydrogens is 198 g/mol. The number of rotatable bonds is 6. The number of benzene rings is 1. The number of methoxy groups -OCH3 is 1. The Kier molecular flexibility index (Phi) is 5.50. The Bertz CT molecular complexity index is 292. The first-order chi connectivity index (χ1) is 7.63. The quantitative estimate of drug-likeness (QED) is 0.797. The standard InChI is InChI=1S/C14H23NO/c1-11(2)14-7-5-13(6-8-14)10-15-9-12(3)16-4/h5-8,11-12,15H,9-10H2,1-4H3. The van der Waals surface area contributed by atoms with Gasteiger partial charge in [0.1, 0.15) is 0 Å². The average molecular weight is 221 g/mol. The van der Waals surface area contributed by atoms with Crippen LogP contribution in [0.1, 0.15) is 37.8 Å². The molecule has 0 saturated carbocycles. The predicted octanol–water partition coefficient (Wildman–Crippen LogP) is 2.93. The maximum Gasteiger partial charge on any atom is 0.0667 e. The second-order valence-corrected chi connectivity index (χ2v) is 4.57. The number of nitrogens with one attached hydrogen (secondary N) is 1. The van der Waals surface area contributed by atoms with Crippen molar-refractivity contribution in [2.45, 2.75) is 39.3 Å². The molecule has 0 aromatic heterocycles. The summed E-state index contributed by atoms with van der Waals surface area (Å²) in [5, 5.41) is 3.38. The largest absolute Gasteiger partial charge is 0.380 e. The molecule has 0 radical (unpaired) electrons. The van der Waals surface area contributed by atoms with E-state index < -0.39 is 0 Å². The molecule has 16 heavy (non-hydrogen) atoms. The van der Waals surface area contributed by atoms with Gasteiger partial charge in [-0.05, 0) is 24.0 Å². The summed E-state index contributed by atoms with van der Waals surface area (Å²) in [7, 11) is 1.74. The Morgan fingerprint density at radius 1 is 1.12 bits per heavy atom. The second kappa shape index (κ2) is 6.66. The van der Waals surface area contributed by atoms with Crippen LogP contribution < -0.4 is 5.32 Å². The summed E-state index contributed by atoms with van der Waals surface area (Å²) < 4.78 is 5.18. The molecule has 2 heteroatoms. The fourth-order valence-corrected chi connectivity index (χ4v) is 1.52. The summed E-state index contributed by atoms with van der Waals surface area (Å²) in [6.07, 6.45) is 0.273. The van der Waals surface area contributed by atoms with Crippen molar-refractivity contribution in [2.24, 2.45) is 0 Å². The summed E-state index contributed by atoms with van der Waals surface area (Å²) in [5.41, 5.74) is 2.72. The molecule has 2 nitrogen and oxygen atoms in total. The maximum absolute atomic E-state index is 5.18. The average Bonchev–Trinajstić information content (AvgIpc) is 2.29. The lowest BCUT2D eigenvalue weighted by Gasteiger charge is -2.11. The summed E-state index contributed by atoms with van der Waals surface area (Å²) in [4.78, 5) is 0. The molecule has 0 fully saturated rings. The zero-order valence-electron chi connectivity index (χ0n) is 10.8. The van der Waals surface area contributed by atoms with Crippen molar-refractivity contribution in [3.63, 3.8) is 0 Å². The van der Waals surface area contributed by atoms with E-state index in [2.05, 4.69) is 50.4 Å². The zero-order valence-corrected chi connectivity index (χ0v) is 10.8. The molecule has 1 unspecified atom stereocenters. The van der Waals surface area contributed by atoms with Gasteiger partial charge in [0, 0.05) is 20.2 Å². The molecule has 1 atom stereocenters. The van der Waals surface area contributed by atoms with Gasteiger partial charge >= 0.3 is 0 Å². The van der Waals surface area contributed by atoms with Crippen LogP contribution in [0.25, 0.3) is 0 Å². The molecule has 1 rings (SSSR count). The van der Waals surface area contributed by atoms with Crippen molar-refractivity contribution in [1.29, 1.82) is 0 Å². The van der Waals surface area contributed by atoms with E-state index in [0.717, 1.165) is 13.1 Å². The highest BCUT2D eigenvalue weighted by Gasteiger charge is 2.00. The van der Waals surface area contributed by atoms with E-state index in [1.165, 1.54) is 11.1 Å². The minimum absolute atomic E-state index is 0.273. The van der Waals surface area contributed by atoms with Gasteiger partial charge in [-0.2, -0.15) is 0 Å². The topological polar surface area (TPSA) is 21.3 Å². The molecule has 0 amide bonds. The third-order valence-electron chi connectivity index (χ3n) is 2.81. The van der Waals surface area contributed by atoms with Gasteiger partial charge in [-0.1, -0.05) is 38.1 Å². The smallest absolute Gasteiger partial charge is 0.0667 e. The molecule has 0 saturated heterocycles. The number of hydrogen-bond acceptors (Lipinski definition) is 2. The highest BCUT2D eigenvalue weighted by Crippen LogP contribution is 2.14. The van der Waals surface area contributed by atoms with Gasteiger partial charge < -0.3 is 10.1 Å². The monoisotopic (exact) mass is 221 g/mol. The lowest BCUT2D eigenvalue weighted by atomic mass is 10.0. The van der Waals surface area contributed by atoms with Crippen LogP contribution in [0.3, 0.4) is 0 Å². The maximum atomic E-state index is 5.18. The number of hydrogen-bond donors (Lipinski definition) is 1. The molecule has 0 aliphatic carbocycles. The highest BCUT2D eigenvalue weighted by atomic mass is 16.5. The van der Waals surface area contributed by atoms with Crippen LogP contribution in [0.15, 0.2) is 24.3 Å². The summed E-state index contributed by atoms with van der Waals surface area (Å²) in [6, 6.07) is 8.81. The first-order valence-corrected chi connectivity index (χ1v) is 5.95. The summed E-state index contributed by atoms with van der Waals surface area (Å²) in [6.45, 7) is 8.30. The lowest BCUT2D eigenvalue weighted by molar-refractivity contribution is 0.117. The van der Waals surface area contributed by atoms with E-state index in [1.807, 2.05) is 0 Å². The Morgan fingerprint density at radius 3 is 2.25 bits per heavy atom. The normalized spacial score (nSPS) is 13.1. The molecule has 0 bridgehead atoms. The van der Waals surface area contributed by atoms with E-state index in [9.17, 15) is 0 Å².